The summed E-state index contributed by atoms with van der Waals surface area (Å²) in [6, 6.07) is 14.0. The highest BCUT2D eigenvalue weighted by atomic mass is 35.5. The number of anilines is 1. The monoisotopic (exact) mass is 302 g/mol. The van der Waals surface area contributed by atoms with Gasteiger partial charge in [0, 0.05) is 16.8 Å². The van der Waals surface area contributed by atoms with Crippen LogP contribution < -0.4 is 15.4 Å². The molecule has 0 aromatic heterocycles. The highest BCUT2D eigenvalue weighted by Gasteiger charge is 2.46. The lowest BCUT2D eigenvalue weighted by molar-refractivity contribution is -0.126. The number of carbonyl (C=O) groups excluding carboxylic acids is 1. The number of amides is 1. The standard InChI is InChI=1S/C16H15ClN2O2/c1-21-13-7-3-6-12(9-13)19-15(14(18)16(19)20)10-4-2-5-11(17)8-10/h2-9,14-15H,18H2,1H3/t14-,15+/m1/s1. The molecule has 1 heterocycles. The van der Waals surface area contributed by atoms with Crippen LogP contribution in [0.2, 0.25) is 5.02 Å². The van der Waals surface area contributed by atoms with Crippen LogP contribution in [0.5, 0.6) is 5.75 Å². The first-order valence-electron chi connectivity index (χ1n) is 6.60. The summed E-state index contributed by atoms with van der Waals surface area (Å²) in [5.74, 6) is 0.596. The Balaban J connectivity index is 1.98. The number of nitrogens with two attached hydrogens (primary N) is 1. The maximum atomic E-state index is 12.2. The number of nitrogens with zero attached hydrogens (tertiary/aromatic N) is 1. The van der Waals surface area contributed by atoms with E-state index in [4.69, 9.17) is 22.1 Å². The van der Waals surface area contributed by atoms with Gasteiger partial charge in [-0.05, 0) is 29.8 Å². The minimum Gasteiger partial charge on any atom is -0.497 e. The SMILES string of the molecule is COc1cccc(N2C(=O)[C@H](N)[C@@H]2c2cccc(Cl)c2)c1. The van der Waals surface area contributed by atoms with E-state index in [1.54, 1.807) is 18.1 Å². The molecule has 21 heavy (non-hydrogen) atoms. The third-order valence-electron chi connectivity index (χ3n) is 3.66. The number of ether oxygens (including phenoxy) is 1. The minimum atomic E-state index is -0.547. The third kappa shape index (κ3) is 2.37. The van der Waals surface area contributed by atoms with Crippen molar-refractivity contribution in [2.75, 3.05) is 12.0 Å². The van der Waals surface area contributed by atoms with Crippen molar-refractivity contribution in [3.05, 3.63) is 59.1 Å². The fourth-order valence-electron chi connectivity index (χ4n) is 2.61. The number of β-lactam (4-membered cyclic amide) rings is 1. The number of rotatable bonds is 3. The Morgan fingerprint density at radius 3 is 2.67 bits per heavy atom. The van der Waals surface area contributed by atoms with Crippen molar-refractivity contribution < 1.29 is 9.53 Å². The summed E-state index contributed by atoms with van der Waals surface area (Å²) >= 11 is 6.03. The molecule has 1 saturated heterocycles. The molecule has 108 valence electrons. The Morgan fingerprint density at radius 2 is 1.95 bits per heavy atom. The lowest BCUT2D eigenvalue weighted by Gasteiger charge is -2.45. The Kier molecular flexibility index (Phi) is 3.57. The van der Waals surface area contributed by atoms with Crippen molar-refractivity contribution in [3.8, 4) is 5.75 Å². The highest BCUT2D eigenvalue weighted by molar-refractivity contribution is 6.30. The smallest absolute Gasteiger partial charge is 0.247 e. The van der Waals surface area contributed by atoms with Crippen LogP contribution in [0.25, 0.3) is 0 Å². The quantitative estimate of drug-likeness (QED) is 0.887. The first-order valence-corrected chi connectivity index (χ1v) is 6.98. The number of carbonyl (C=O) groups is 1. The molecule has 2 aromatic rings. The summed E-state index contributed by atoms with van der Waals surface area (Å²) in [6.07, 6.45) is 0. The summed E-state index contributed by atoms with van der Waals surface area (Å²) in [5, 5.41) is 0.629. The highest BCUT2D eigenvalue weighted by Crippen LogP contribution is 2.39. The van der Waals surface area contributed by atoms with Gasteiger partial charge in [-0.3, -0.25) is 4.79 Å². The lowest BCUT2D eigenvalue weighted by atomic mass is 9.88. The molecule has 1 amide bonds. The van der Waals surface area contributed by atoms with E-state index in [2.05, 4.69) is 0 Å². The number of hydrogen-bond donors (Lipinski definition) is 1. The molecule has 4 nitrogen and oxygen atoms in total. The molecular formula is C16H15ClN2O2. The van der Waals surface area contributed by atoms with Gasteiger partial charge in [-0.25, -0.2) is 0 Å². The van der Waals surface area contributed by atoms with Crippen LogP contribution in [0, 0.1) is 0 Å². The van der Waals surface area contributed by atoms with Gasteiger partial charge in [-0.15, -0.1) is 0 Å². The van der Waals surface area contributed by atoms with Gasteiger partial charge in [0.25, 0.3) is 0 Å². The molecule has 2 atom stereocenters. The largest absolute Gasteiger partial charge is 0.497 e. The summed E-state index contributed by atoms with van der Waals surface area (Å²) < 4.78 is 5.21. The number of methoxy groups -OCH3 is 1. The Hall–Kier alpha value is -2.04. The van der Waals surface area contributed by atoms with E-state index < -0.39 is 6.04 Å². The van der Waals surface area contributed by atoms with Gasteiger partial charge < -0.3 is 15.4 Å². The second-order valence-electron chi connectivity index (χ2n) is 4.94. The zero-order valence-corrected chi connectivity index (χ0v) is 12.2. The second-order valence-corrected chi connectivity index (χ2v) is 5.37. The summed E-state index contributed by atoms with van der Waals surface area (Å²) in [7, 11) is 1.59. The molecule has 2 N–H and O–H groups in total. The topological polar surface area (TPSA) is 55.6 Å². The van der Waals surface area contributed by atoms with Crippen LogP contribution in [0.15, 0.2) is 48.5 Å². The first-order chi connectivity index (χ1) is 10.1. The molecule has 0 unspecified atom stereocenters. The fraction of sp³-hybridized carbons (Fsp3) is 0.188. The maximum absolute atomic E-state index is 12.2. The van der Waals surface area contributed by atoms with Crippen LogP contribution in [-0.4, -0.2) is 19.1 Å². The van der Waals surface area contributed by atoms with E-state index in [1.807, 2.05) is 42.5 Å². The van der Waals surface area contributed by atoms with Gasteiger partial charge in [0.2, 0.25) is 5.91 Å². The number of halogens is 1. The Labute approximate surface area is 128 Å². The van der Waals surface area contributed by atoms with Crippen molar-refractivity contribution in [1.82, 2.24) is 0 Å². The normalized spacial score (nSPS) is 21.1. The van der Waals surface area contributed by atoms with Gasteiger partial charge in [0.15, 0.2) is 0 Å². The molecule has 1 aliphatic rings. The van der Waals surface area contributed by atoms with Gasteiger partial charge in [0.05, 0.1) is 13.2 Å². The molecule has 3 rings (SSSR count). The average Bonchev–Trinajstić information content (AvgIpc) is 2.51. The summed E-state index contributed by atoms with van der Waals surface area (Å²) in [6.45, 7) is 0. The molecule has 1 aliphatic heterocycles. The predicted octanol–water partition coefficient (Wildman–Crippen LogP) is 2.76. The van der Waals surface area contributed by atoms with Crippen LogP contribution in [0.4, 0.5) is 5.69 Å². The molecular weight excluding hydrogens is 288 g/mol. The average molecular weight is 303 g/mol. The van der Waals surface area contributed by atoms with Crippen molar-refractivity contribution in [2.45, 2.75) is 12.1 Å². The maximum Gasteiger partial charge on any atom is 0.247 e. The van der Waals surface area contributed by atoms with E-state index >= 15 is 0 Å². The van der Waals surface area contributed by atoms with Crippen molar-refractivity contribution in [3.63, 3.8) is 0 Å². The molecule has 0 saturated carbocycles. The number of benzene rings is 2. The van der Waals surface area contributed by atoms with E-state index in [-0.39, 0.29) is 11.9 Å². The van der Waals surface area contributed by atoms with E-state index in [1.165, 1.54) is 0 Å². The van der Waals surface area contributed by atoms with E-state index in [0.717, 1.165) is 11.3 Å². The summed E-state index contributed by atoms with van der Waals surface area (Å²) in [4.78, 5) is 13.8. The fourth-order valence-corrected chi connectivity index (χ4v) is 2.81. The van der Waals surface area contributed by atoms with Crippen LogP contribution in [-0.2, 0) is 4.79 Å². The first kappa shape index (κ1) is 13.9. The minimum absolute atomic E-state index is 0.103. The molecule has 5 heteroatoms. The van der Waals surface area contributed by atoms with Crippen molar-refractivity contribution in [2.24, 2.45) is 5.73 Å². The third-order valence-corrected chi connectivity index (χ3v) is 3.90. The molecule has 1 fully saturated rings. The molecule has 0 spiro atoms. The summed E-state index contributed by atoms with van der Waals surface area (Å²) in [5.41, 5.74) is 7.68. The van der Waals surface area contributed by atoms with Crippen LogP contribution in [0.1, 0.15) is 11.6 Å². The van der Waals surface area contributed by atoms with E-state index in [9.17, 15) is 4.79 Å². The van der Waals surface area contributed by atoms with Crippen LogP contribution in [0.3, 0.4) is 0 Å². The molecule has 0 aliphatic carbocycles. The Bertz CT molecular complexity index is 689. The molecule has 2 aromatic carbocycles. The number of hydrogen-bond acceptors (Lipinski definition) is 3. The van der Waals surface area contributed by atoms with Crippen LogP contribution >= 0.6 is 11.6 Å². The molecule has 0 bridgehead atoms. The van der Waals surface area contributed by atoms with Gasteiger partial charge >= 0.3 is 0 Å². The predicted molar refractivity (Wildman–Crippen MR) is 82.6 cm³/mol. The zero-order chi connectivity index (χ0) is 15.0. The van der Waals surface area contributed by atoms with Crippen molar-refractivity contribution in [1.29, 1.82) is 0 Å². The van der Waals surface area contributed by atoms with Gasteiger partial charge in [-0.2, -0.15) is 0 Å². The second kappa shape index (κ2) is 5.39. The lowest BCUT2D eigenvalue weighted by Crippen LogP contribution is -2.63. The Morgan fingerprint density at radius 1 is 1.19 bits per heavy atom. The zero-order valence-electron chi connectivity index (χ0n) is 11.5. The van der Waals surface area contributed by atoms with Gasteiger partial charge in [0.1, 0.15) is 11.8 Å². The van der Waals surface area contributed by atoms with E-state index in [0.29, 0.717) is 10.8 Å². The van der Waals surface area contributed by atoms with Gasteiger partial charge in [-0.1, -0.05) is 29.8 Å². The van der Waals surface area contributed by atoms with Crippen molar-refractivity contribution >= 4 is 23.2 Å². The molecule has 0 radical (unpaired) electrons.